The predicted octanol–water partition coefficient (Wildman–Crippen LogP) is 4.20. The number of fused-ring (bicyclic) bond motifs is 1. The first-order valence-corrected chi connectivity index (χ1v) is 11.9. The number of carbonyl (C=O) groups excluding carboxylic acids is 1. The minimum Gasteiger partial charge on any atom is -0.494 e. The van der Waals surface area contributed by atoms with E-state index in [4.69, 9.17) is 13.9 Å². The number of hydrogen-bond acceptors (Lipinski definition) is 8. The van der Waals surface area contributed by atoms with Gasteiger partial charge in [-0.25, -0.2) is 4.79 Å². The van der Waals surface area contributed by atoms with Gasteiger partial charge in [-0.2, -0.15) is 9.50 Å². The fourth-order valence-electron chi connectivity index (χ4n) is 3.52. The Bertz CT molecular complexity index is 1600. The van der Waals surface area contributed by atoms with Crippen molar-refractivity contribution in [1.29, 1.82) is 0 Å². The van der Waals surface area contributed by atoms with Crippen molar-refractivity contribution in [1.82, 2.24) is 14.6 Å². The van der Waals surface area contributed by atoms with Crippen LogP contribution in [0.1, 0.15) is 30.0 Å². The Morgan fingerprint density at radius 3 is 2.43 bits per heavy atom. The largest absolute Gasteiger partial charge is 0.494 e. The van der Waals surface area contributed by atoms with Gasteiger partial charge in [-0.05, 0) is 62.4 Å². The highest BCUT2D eigenvalue weighted by Crippen LogP contribution is 2.24. The van der Waals surface area contributed by atoms with Crippen LogP contribution in [-0.4, -0.2) is 33.8 Å². The summed E-state index contributed by atoms with van der Waals surface area (Å²) in [5.74, 6) is 2.04. The molecule has 0 saturated carbocycles. The smallest absolute Gasteiger partial charge is 0.338 e. The summed E-state index contributed by atoms with van der Waals surface area (Å²) in [5, 5.41) is 4.38. The molecule has 0 bridgehead atoms. The lowest BCUT2D eigenvalue weighted by molar-refractivity contribution is 0.0526. The lowest BCUT2D eigenvalue weighted by atomic mass is 10.1. The number of esters is 1. The molecular formula is C26H21N3O5S. The van der Waals surface area contributed by atoms with Crippen LogP contribution < -0.4 is 14.8 Å². The van der Waals surface area contributed by atoms with Gasteiger partial charge in [0.15, 0.2) is 5.82 Å². The first-order valence-electron chi connectivity index (χ1n) is 11.1. The average Bonchev–Trinajstić information content (AvgIpc) is 3.58. The van der Waals surface area contributed by atoms with E-state index in [0.717, 1.165) is 16.9 Å². The second-order valence-electron chi connectivity index (χ2n) is 7.50. The molecular weight excluding hydrogens is 466 g/mol. The molecule has 0 fully saturated rings. The van der Waals surface area contributed by atoms with E-state index >= 15 is 0 Å². The molecule has 0 aliphatic rings. The lowest BCUT2D eigenvalue weighted by Gasteiger charge is -2.02. The molecule has 3 aromatic heterocycles. The fraction of sp³-hybridized carbons (Fsp3) is 0.154. The van der Waals surface area contributed by atoms with E-state index in [1.807, 2.05) is 37.3 Å². The number of benzene rings is 2. The molecule has 0 radical (unpaired) electrons. The minimum atomic E-state index is -0.363. The van der Waals surface area contributed by atoms with Crippen molar-refractivity contribution in [2.45, 2.75) is 13.8 Å². The summed E-state index contributed by atoms with van der Waals surface area (Å²) < 4.78 is 18.1. The summed E-state index contributed by atoms with van der Waals surface area (Å²) >= 11 is 1.25. The average molecular weight is 488 g/mol. The van der Waals surface area contributed by atoms with Crippen LogP contribution in [0.4, 0.5) is 0 Å². The van der Waals surface area contributed by atoms with Gasteiger partial charge in [0.25, 0.3) is 5.56 Å². The van der Waals surface area contributed by atoms with Crippen LogP contribution in [0.25, 0.3) is 33.7 Å². The molecule has 35 heavy (non-hydrogen) atoms. The van der Waals surface area contributed by atoms with Crippen LogP contribution in [0.15, 0.2) is 69.9 Å². The fourth-order valence-corrected chi connectivity index (χ4v) is 4.41. The van der Waals surface area contributed by atoms with E-state index in [-0.39, 0.29) is 11.5 Å². The van der Waals surface area contributed by atoms with Crippen LogP contribution in [0.2, 0.25) is 0 Å². The molecule has 9 heteroatoms. The molecule has 3 heterocycles. The topological polar surface area (TPSA) is 95.9 Å². The van der Waals surface area contributed by atoms with E-state index in [1.54, 1.807) is 43.3 Å². The van der Waals surface area contributed by atoms with Gasteiger partial charge in [0, 0.05) is 17.2 Å². The monoisotopic (exact) mass is 487 g/mol. The van der Waals surface area contributed by atoms with Crippen molar-refractivity contribution >= 4 is 28.3 Å². The van der Waals surface area contributed by atoms with Crippen molar-refractivity contribution in [2.75, 3.05) is 13.2 Å². The molecule has 0 unspecified atom stereocenters. The predicted molar refractivity (Wildman–Crippen MR) is 133 cm³/mol. The first-order chi connectivity index (χ1) is 17.1. The summed E-state index contributed by atoms with van der Waals surface area (Å²) in [5.41, 5.74) is 1.83. The number of aromatic nitrogens is 3. The van der Waals surface area contributed by atoms with Gasteiger partial charge in [0.2, 0.25) is 4.96 Å². The maximum atomic E-state index is 12.9. The second kappa shape index (κ2) is 9.55. The Morgan fingerprint density at radius 2 is 1.74 bits per heavy atom. The van der Waals surface area contributed by atoms with E-state index in [0.29, 0.717) is 45.6 Å². The zero-order chi connectivity index (χ0) is 24.4. The number of hydrogen-bond donors (Lipinski definition) is 0. The summed E-state index contributed by atoms with van der Waals surface area (Å²) in [6.07, 6.45) is 1.68. The van der Waals surface area contributed by atoms with Crippen LogP contribution in [-0.2, 0) is 4.74 Å². The van der Waals surface area contributed by atoms with Crippen molar-refractivity contribution in [3.63, 3.8) is 0 Å². The molecule has 0 aliphatic heterocycles. The molecule has 176 valence electrons. The number of nitrogens with zero attached hydrogens (tertiary/aromatic N) is 3. The molecule has 0 aliphatic carbocycles. The highest BCUT2D eigenvalue weighted by molar-refractivity contribution is 7.15. The number of furan rings is 1. The Balaban J connectivity index is 1.39. The summed E-state index contributed by atoms with van der Waals surface area (Å²) in [4.78, 5) is 29.7. The highest BCUT2D eigenvalue weighted by Gasteiger charge is 2.13. The molecule has 0 atom stereocenters. The third-order valence-corrected chi connectivity index (χ3v) is 6.15. The van der Waals surface area contributed by atoms with Crippen LogP contribution >= 0.6 is 11.3 Å². The molecule has 0 spiro atoms. The normalized spacial score (nSPS) is 11.8. The molecule has 0 N–H and O–H groups in total. The van der Waals surface area contributed by atoms with Crippen LogP contribution in [0, 0.1) is 0 Å². The second-order valence-corrected chi connectivity index (χ2v) is 8.51. The third kappa shape index (κ3) is 4.58. The summed E-state index contributed by atoms with van der Waals surface area (Å²) in [6, 6.07) is 18.0. The number of thiazole rings is 1. The van der Waals surface area contributed by atoms with Crippen molar-refractivity contribution in [3.05, 3.63) is 86.9 Å². The minimum absolute atomic E-state index is 0.258. The van der Waals surface area contributed by atoms with Gasteiger partial charge in [-0.1, -0.05) is 23.5 Å². The highest BCUT2D eigenvalue weighted by atomic mass is 32.1. The molecule has 0 amide bonds. The zero-order valence-corrected chi connectivity index (χ0v) is 19.9. The first kappa shape index (κ1) is 22.5. The van der Waals surface area contributed by atoms with Gasteiger partial charge in [-0.15, -0.1) is 5.10 Å². The number of carbonyl (C=O) groups is 1. The maximum Gasteiger partial charge on any atom is 0.338 e. The Morgan fingerprint density at radius 1 is 1.00 bits per heavy atom. The Hall–Kier alpha value is -4.24. The summed E-state index contributed by atoms with van der Waals surface area (Å²) in [6.45, 7) is 4.61. The number of rotatable bonds is 7. The van der Waals surface area contributed by atoms with Gasteiger partial charge in [0.05, 0.1) is 18.8 Å². The van der Waals surface area contributed by atoms with E-state index in [9.17, 15) is 9.59 Å². The molecule has 2 aromatic carbocycles. The quantitative estimate of drug-likeness (QED) is 0.318. The Kier molecular flexibility index (Phi) is 6.15. The van der Waals surface area contributed by atoms with E-state index in [1.165, 1.54) is 15.9 Å². The lowest BCUT2D eigenvalue weighted by Crippen LogP contribution is -2.23. The van der Waals surface area contributed by atoms with Gasteiger partial charge in [-0.3, -0.25) is 4.79 Å². The SMILES string of the molecule is CCOC(=O)c1ccc(-c2ccc(/C=c3\sc4nc(-c5ccc(OCC)cc5)nn4c3=O)o2)cc1. The Labute approximate surface area is 204 Å². The van der Waals surface area contributed by atoms with Gasteiger partial charge < -0.3 is 13.9 Å². The molecule has 8 nitrogen and oxygen atoms in total. The van der Waals surface area contributed by atoms with Crippen molar-refractivity contribution in [2.24, 2.45) is 0 Å². The van der Waals surface area contributed by atoms with Crippen molar-refractivity contribution < 1.29 is 18.7 Å². The number of ether oxygens (including phenoxy) is 2. The standard InChI is InChI=1S/C26H21N3O5S/c1-3-32-19-11-9-17(10-12-19)23-27-26-29(28-23)24(30)22(35-26)15-20-13-14-21(34-20)16-5-7-18(8-6-16)25(31)33-4-2/h5-15H,3-4H2,1-2H3/b22-15-. The van der Waals surface area contributed by atoms with E-state index < -0.39 is 0 Å². The van der Waals surface area contributed by atoms with Crippen LogP contribution in [0.5, 0.6) is 5.75 Å². The van der Waals surface area contributed by atoms with Crippen LogP contribution in [0.3, 0.4) is 0 Å². The van der Waals surface area contributed by atoms with Crippen molar-refractivity contribution in [3.8, 4) is 28.5 Å². The molecule has 5 rings (SSSR count). The summed E-state index contributed by atoms with van der Waals surface area (Å²) in [7, 11) is 0. The maximum absolute atomic E-state index is 12.9. The molecule has 5 aromatic rings. The van der Waals surface area contributed by atoms with Gasteiger partial charge >= 0.3 is 5.97 Å². The molecule has 0 saturated heterocycles. The third-order valence-electron chi connectivity index (χ3n) is 5.19. The van der Waals surface area contributed by atoms with E-state index in [2.05, 4.69) is 10.1 Å². The van der Waals surface area contributed by atoms with Gasteiger partial charge in [0.1, 0.15) is 21.8 Å². The zero-order valence-electron chi connectivity index (χ0n) is 19.1.